The van der Waals surface area contributed by atoms with E-state index in [2.05, 4.69) is 10.2 Å². The van der Waals surface area contributed by atoms with Gasteiger partial charge in [0, 0.05) is 6.04 Å². The number of fused-ring (bicyclic) bond motifs is 1. The molecule has 0 N–H and O–H groups in total. The summed E-state index contributed by atoms with van der Waals surface area (Å²) in [5, 5.41) is 9.62. The molecule has 1 aliphatic carbocycles. The lowest BCUT2D eigenvalue weighted by Crippen LogP contribution is -2.22. The van der Waals surface area contributed by atoms with Crippen LogP contribution in [0.5, 0.6) is 0 Å². The predicted octanol–water partition coefficient (Wildman–Crippen LogP) is 4.28. The fraction of sp³-hybridized carbons (Fsp3) is 0.300. The van der Waals surface area contributed by atoms with Crippen LogP contribution < -0.4 is 5.56 Å². The first-order valence-corrected chi connectivity index (χ1v) is 10.1. The molecular weight excluding hydrogens is 376 g/mol. The maximum Gasteiger partial charge on any atom is 0.262 e. The largest absolute Gasteiger partial charge is 0.466 e. The second kappa shape index (κ2) is 6.63. The second-order valence-electron chi connectivity index (χ2n) is 6.93. The van der Waals surface area contributed by atoms with Gasteiger partial charge in [0.1, 0.15) is 11.5 Å². The van der Waals surface area contributed by atoms with Crippen LogP contribution in [0.2, 0.25) is 0 Å². The lowest BCUT2D eigenvalue weighted by Gasteiger charge is -2.11. The zero-order chi connectivity index (χ0) is 19.3. The molecule has 1 saturated carbocycles. The van der Waals surface area contributed by atoms with Crippen LogP contribution >= 0.6 is 11.8 Å². The number of hydrogen-bond acceptors (Lipinski definition) is 7. The van der Waals surface area contributed by atoms with Gasteiger partial charge in [-0.25, -0.2) is 4.98 Å². The number of aryl methyl sites for hydroxylation is 2. The van der Waals surface area contributed by atoms with E-state index in [0.717, 1.165) is 29.9 Å². The minimum Gasteiger partial charge on any atom is -0.466 e. The van der Waals surface area contributed by atoms with Crippen LogP contribution in [0.3, 0.4) is 0 Å². The second-order valence-corrected chi connectivity index (χ2v) is 7.88. The fourth-order valence-corrected chi connectivity index (χ4v) is 4.18. The molecule has 8 heteroatoms. The molecule has 0 radical (unpaired) electrons. The van der Waals surface area contributed by atoms with Crippen molar-refractivity contribution >= 4 is 22.7 Å². The van der Waals surface area contributed by atoms with Gasteiger partial charge < -0.3 is 8.83 Å². The van der Waals surface area contributed by atoms with Crippen molar-refractivity contribution in [2.24, 2.45) is 0 Å². The molecule has 0 atom stereocenters. The van der Waals surface area contributed by atoms with Gasteiger partial charge in [-0.15, -0.1) is 10.2 Å². The highest BCUT2D eigenvalue weighted by Crippen LogP contribution is 2.37. The number of aromatic nitrogens is 4. The maximum absolute atomic E-state index is 12.9. The molecule has 1 aromatic carbocycles. The van der Waals surface area contributed by atoms with Crippen molar-refractivity contribution in [1.82, 2.24) is 19.7 Å². The molecule has 7 nitrogen and oxygen atoms in total. The van der Waals surface area contributed by atoms with Crippen molar-refractivity contribution in [3.05, 3.63) is 58.1 Å². The smallest absolute Gasteiger partial charge is 0.262 e. The van der Waals surface area contributed by atoms with Gasteiger partial charge in [-0.1, -0.05) is 23.9 Å². The van der Waals surface area contributed by atoms with E-state index in [1.807, 2.05) is 48.7 Å². The molecule has 0 amide bonds. The van der Waals surface area contributed by atoms with E-state index >= 15 is 0 Å². The van der Waals surface area contributed by atoms with E-state index in [1.54, 1.807) is 0 Å². The SMILES string of the molecule is Cc1cc(-c2nnc(CSc3nc4ccccc4c(=O)n3C3CC3)o2)c(C)o1. The molecule has 0 bridgehead atoms. The van der Waals surface area contributed by atoms with Gasteiger partial charge in [0.25, 0.3) is 11.4 Å². The molecule has 1 aliphatic rings. The summed E-state index contributed by atoms with van der Waals surface area (Å²) in [5.74, 6) is 2.92. The van der Waals surface area contributed by atoms with Gasteiger partial charge in [-0.05, 0) is 44.9 Å². The summed E-state index contributed by atoms with van der Waals surface area (Å²) in [7, 11) is 0. The third-order valence-corrected chi connectivity index (χ3v) is 5.69. The van der Waals surface area contributed by atoms with Gasteiger partial charge in [0.15, 0.2) is 5.16 Å². The lowest BCUT2D eigenvalue weighted by atomic mass is 10.2. The highest BCUT2D eigenvalue weighted by atomic mass is 32.2. The molecule has 5 rings (SSSR count). The minimum atomic E-state index is 0.0197. The van der Waals surface area contributed by atoms with Crippen molar-refractivity contribution in [3.8, 4) is 11.5 Å². The van der Waals surface area contributed by atoms with Gasteiger partial charge in [0.05, 0.1) is 22.2 Å². The molecule has 0 saturated heterocycles. The Balaban J connectivity index is 1.44. The predicted molar refractivity (Wildman–Crippen MR) is 105 cm³/mol. The summed E-state index contributed by atoms with van der Waals surface area (Å²) in [6.07, 6.45) is 2.02. The zero-order valence-corrected chi connectivity index (χ0v) is 16.3. The number of thioether (sulfide) groups is 1. The number of nitrogens with zero attached hydrogens (tertiary/aromatic N) is 4. The summed E-state index contributed by atoms with van der Waals surface area (Å²) >= 11 is 1.45. The first-order valence-electron chi connectivity index (χ1n) is 9.14. The third kappa shape index (κ3) is 3.03. The molecule has 142 valence electrons. The average Bonchev–Trinajstić information content (AvgIpc) is 3.30. The lowest BCUT2D eigenvalue weighted by molar-refractivity contribution is 0.499. The molecule has 3 heterocycles. The Labute approximate surface area is 164 Å². The molecule has 28 heavy (non-hydrogen) atoms. The van der Waals surface area contributed by atoms with E-state index in [9.17, 15) is 4.79 Å². The van der Waals surface area contributed by atoms with Gasteiger partial charge in [-0.2, -0.15) is 0 Å². The van der Waals surface area contributed by atoms with Crippen molar-refractivity contribution in [2.45, 2.75) is 43.6 Å². The van der Waals surface area contributed by atoms with Crippen LogP contribution in [0, 0.1) is 13.8 Å². The van der Waals surface area contributed by atoms with Gasteiger partial charge >= 0.3 is 0 Å². The Hall–Kier alpha value is -2.87. The number of benzene rings is 1. The Bertz CT molecular complexity index is 1240. The third-order valence-electron chi connectivity index (χ3n) is 4.75. The Morgan fingerprint density at radius 2 is 2.00 bits per heavy atom. The molecule has 4 aromatic rings. The quantitative estimate of drug-likeness (QED) is 0.369. The first kappa shape index (κ1) is 17.2. The normalized spacial score (nSPS) is 14.1. The molecular formula is C20H18N4O3S. The molecule has 0 unspecified atom stereocenters. The van der Waals surface area contributed by atoms with Crippen LogP contribution in [-0.2, 0) is 5.75 Å². The van der Waals surface area contributed by atoms with E-state index in [4.69, 9.17) is 13.8 Å². The van der Waals surface area contributed by atoms with E-state index in [1.165, 1.54) is 11.8 Å². The summed E-state index contributed by atoms with van der Waals surface area (Å²) in [4.78, 5) is 17.6. The summed E-state index contributed by atoms with van der Waals surface area (Å²) in [6.45, 7) is 3.75. The van der Waals surface area contributed by atoms with Crippen molar-refractivity contribution in [1.29, 1.82) is 0 Å². The maximum atomic E-state index is 12.9. The average molecular weight is 394 g/mol. The molecule has 0 aliphatic heterocycles. The summed E-state index contributed by atoms with van der Waals surface area (Å²) < 4.78 is 13.1. The Morgan fingerprint density at radius 1 is 1.18 bits per heavy atom. The first-order chi connectivity index (χ1) is 13.6. The highest BCUT2D eigenvalue weighted by molar-refractivity contribution is 7.98. The summed E-state index contributed by atoms with van der Waals surface area (Å²) in [6, 6.07) is 9.58. The number of furan rings is 1. The monoisotopic (exact) mass is 394 g/mol. The van der Waals surface area contributed by atoms with Crippen LogP contribution in [0.1, 0.15) is 36.3 Å². The number of rotatable bonds is 5. The van der Waals surface area contributed by atoms with Crippen LogP contribution in [0.4, 0.5) is 0 Å². The Kier molecular flexibility index (Phi) is 4.08. The van der Waals surface area contributed by atoms with E-state index in [0.29, 0.717) is 33.6 Å². The van der Waals surface area contributed by atoms with E-state index < -0.39 is 0 Å². The standard InChI is InChI=1S/C20H18N4O3S/c1-11-9-15(12(2)26-11)18-23-22-17(27-18)10-28-20-21-16-6-4-3-5-14(16)19(25)24(20)13-7-8-13/h3-6,9,13H,7-8,10H2,1-2H3. The number of para-hydroxylation sites is 1. The highest BCUT2D eigenvalue weighted by Gasteiger charge is 2.28. The zero-order valence-electron chi connectivity index (χ0n) is 15.5. The summed E-state index contributed by atoms with van der Waals surface area (Å²) in [5.41, 5.74) is 1.54. The van der Waals surface area contributed by atoms with E-state index in [-0.39, 0.29) is 11.6 Å². The van der Waals surface area contributed by atoms with Crippen LogP contribution in [0.15, 0.2) is 49.1 Å². The van der Waals surface area contributed by atoms with Gasteiger partial charge in [0.2, 0.25) is 5.89 Å². The van der Waals surface area contributed by atoms with Crippen LogP contribution in [0.25, 0.3) is 22.4 Å². The minimum absolute atomic E-state index is 0.0197. The van der Waals surface area contributed by atoms with Crippen molar-refractivity contribution in [2.75, 3.05) is 0 Å². The van der Waals surface area contributed by atoms with Crippen molar-refractivity contribution in [3.63, 3.8) is 0 Å². The molecule has 0 spiro atoms. The van der Waals surface area contributed by atoms with Crippen LogP contribution in [-0.4, -0.2) is 19.7 Å². The van der Waals surface area contributed by atoms with Crippen molar-refractivity contribution < 1.29 is 8.83 Å². The van der Waals surface area contributed by atoms with Gasteiger partial charge in [-0.3, -0.25) is 9.36 Å². The Morgan fingerprint density at radius 3 is 2.75 bits per heavy atom. The molecule has 1 fully saturated rings. The number of hydrogen-bond donors (Lipinski definition) is 0. The topological polar surface area (TPSA) is 87.0 Å². The molecule has 3 aromatic heterocycles. The fourth-order valence-electron chi connectivity index (χ4n) is 3.27.